The minimum atomic E-state index is -2.43. The van der Waals surface area contributed by atoms with Crippen LogP contribution in [0.1, 0.15) is 9.68 Å². The van der Waals surface area contributed by atoms with E-state index in [0.29, 0.717) is 11.3 Å². The first-order chi connectivity index (χ1) is 9.59. The number of rotatable bonds is 2. The molecule has 0 fully saturated rings. The second-order valence-corrected chi connectivity index (χ2v) is 16.0. The number of pyridine rings is 1. The molecule has 0 bridgehead atoms. The van der Waals surface area contributed by atoms with Crippen LogP contribution >= 0.6 is 0 Å². The van der Waals surface area contributed by atoms with Crippen LogP contribution in [0.4, 0.5) is 4.39 Å². The average molecular weight is 307 g/mol. The molecule has 0 N–H and O–H groups in total. The van der Waals surface area contributed by atoms with Gasteiger partial charge >= 0.3 is 114 Å². The summed E-state index contributed by atoms with van der Waals surface area (Å²) < 4.78 is 37.0. The normalized spacial score (nSPS) is 14.8. The van der Waals surface area contributed by atoms with Crippen molar-refractivity contribution in [3.8, 4) is 11.3 Å². The number of hydrogen-bond acceptors (Lipinski definition) is 1. The molecule has 0 aliphatic rings. The molecule has 1 aromatic heterocycles. The van der Waals surface area contributed by atoms with Crippen LogP contribution in [0, 0.1) is 12.7 Å². The molecule has 2 aromatic rings. The van der Waals surface area contributed by atoms with Gasteiger partial charge in [-0.2, -0.15) is 0 Å². The van der Waals surface area contributed by atoms with Gasteiger partial charge in [0.1, 0.15) is 0 Å². The molecule has 0 amide bonds. The van der Waals surface area contributed by atoms with E-state index in [1.807, 2.05) is 18.3 Å². The minimum absolute atomic E-state index is 0.257. The van der Waals surface area contributed by atoms with Crippen molar-refractivity contribution < 1.29 is 8.50 Å². The number of aromatic nitrogens is 1. The van der Waals surface area contributed by atoms with Gasteiger partial charge in [-0.05, 0) is 0 Å². The summed E-state index contributed by atoms with van der Waals surface area (Å²) in [5.41, 5.74) is 0.988. The van der Waals surface area contributed by atoms with E-state index in [1.165, 1.54) is 16.5 Å². The standard InChI is InChI=1S/C15H18FGeN/c1-11-5-6-12(9-14(11)16)15-8-7-13(10-18-15)17(2,3)4/h5-10H,1-4H3/i1D3. The zero-order chi connectivity index (χ0) is 15.8. The van der Waals surface area contributed by atoms with Crippen LogP contribution in [-0.2, 0) is 0 Å². The van der Waals surface area contributed by atoms with Crippen molar-refractivity contribution >= 4 is 17.7 Å². The summed E-state index contributed by atoms with van der Waals surface area (Å²) in [6.45, 7) is -2.43. The maximum absolute atomic E-state index is 13.9. The van der Waals surface area contributed by atoms with Crippen LogP contribution in [-0.4, -0.2) is 18.3 Å². The van der Waals surface area contributed by atoms with Gasteiger partial charge < -0.3 is 0 Å². The molecule has 1 aromatic carbocycles. The van der Waals surface area contributed by atoms with Crippen molar-refractivity contribution in [1.82, 2.24) is 4.98 Å². The van der Waals surface area contributed by atoms with Gasteiger partial charge in [0.05, 0.1) is 0 Å². The number of hydrogen-bond donors (Lipinski definition) is 0. The van der Waals surface area contributed by atoms with Crippen LogP contribution in [0.3, 0.4) is 0 Å². The number of aryl methyl sites for hydroxylation is 1. The van der Waals surface area contributed by atoms with E-state index in [-0.39, 0.29) is 5.56 Å². The van der Waals surface area contributed by atoms with Crippen LogP contribution < -0.4 is 4.40 Å². The van der Waals surface area contributed by atoms with Gasteiger partial charge in [-0.25, -0.2) is 0 Å². The van der Waals surface area contributed by atoms with Gasteiger partial charge in [0, 0.05) is 0 Å². The van der Waals surface area contributed by atoms with Gasteiger partial charge in [0.15, 0.2) is 0 Å². The first kappa shape index (κ1) is 9.73. The van der Waals surface area contributed by atoms with Gasteiger partial charge in [-0.15, -0.1) is 0 Å². The summed E-state index contributed by atoms with van der Waals surface area (Å²) in [6, 6.07) is 8.07. The summed E-state index contributed by atoms with van der Waals surface area (Å²) in [7, 11) is 0. The summed E-state index contributed by atoms with van der Waals surface area (Å²) >= 11 is -1.91. The Kier molecular flexibility index (Phi) is 2.62. The van der Waals surface area contributed by atoms with Crippen molar-refractivity contribution in [3.63, 3.8) is 0 Å². The number of nitrogens with zero attached hydrogens (tertiary/aromatic N) is 1. The molecular formula is C15H18FGeN. The zero-order valence-electron chi connectivity index (χ0n) is 13.8. The summed E-state index contributed by atoms with van der Waals surface area (Å²) in [5.74, 6) is 6.12. The molecular weight excluding hydrogens is 286 g/mol. The molecule has 0 atom stereocenters. The molecule has 0 aliphatic carbocycles. The van der Waals surface area contributed by atoms with E-state index >= 15 is 0 Å². The zero-order valence-corrected chi connectivity index (χ0v) is 12.9. The van der Waals surface area contributed by atoms with Crippen LogP contribution in [0.5, 0.6) is 0 Å². The third-order valence-corrected chi connectivity index (χ3v) is 7.15. The monoisotopic (exact) mass is 308 g/mol. The molecule has 0 radical (unpaired) electrons. The van der Waals surface area contributed by atoms with Gasteiger partial charge in [0.25, 0.3) is 0 Å². The first-order valence-corrected chi connectivity index (χ1v) is 13.2. The van der Waals surface area contributed by atoms with E-state index in [9.17, 15) is 4.39 Å². The predicted octanol–water partition coefficient (Wildman–Crippen LogP) is 3.74. The maximum atomic E-state index is 13.9. The third kappa shape index (κ3) is 2.81. The third-order valence-electron chi connectivity index (χ3n) is 2.89. The van der Waals surface area contributed by atoms with Crippen molar-refractivity contribution in [2.75, 3.05) is 0 Å². The van der Waals surface area contributed by atoms with E-state index in [2.05, 4.69) is 22.3 Å². The van der Waals surface area contributed by atoms with Crippen molar-refractivity contribution in [3.05, 3.63) is 47.9 Å². The molecule has 3 heteroatoms. The molecule has 94 valence electrons. The Morgan fingerprint density at radius 2 is 1.94 bits per heavy atom. The summed E-state index contributed by atoms with van der Waals surface area (Å²) in [5, 5.41) is 0. The topological polar surface area (TPSA) is 12.9 Å². The Labute approximate surface area is 115 Å². The first-order valence-electron chi connectivity index (χ1n) is 7.36. The Morgan fingerprint density at radius 1 is 1.17 bits per heavy atom. The van der Waals surface area contributed by atoms with Crippen LogP contribution in [0.15, 0.2) is 36.5 Å². The Bertz CT molecular complexity index is 645. The van der Waals surface area contributed by atoms with Gasteiger partial charge in [-0.3, -0.25) is 0 Å². The fraction of sp³-hybridized carbons (Fsp3) is 0.267. The van der Waals surface area contributed by atoms with Crippen molar-refractivity contribution in [2.24, 2.45) is 0 Å². The molecule has 18 heavy (non-hydrogen) atoms. The average Bonchev–Trinajstić information content (AvgIpc) is 2.36. The fourth-order valence-electron chi connectivity index (χ4n) is 1.68. The van der Waals surface area contributed by atoms with E-state index in [1.54, 1.807) is 6.07 Å². The summed E-state index contributed by atoms with van der Waals surface area (Å²) in [4.78, 5) is 4.39. The fourth-order valence-corrected chi connectivity index (χ4v) is 3.85. The molecule has 0 unspecified atom stereocenters. The van der Waals surface area contributed by atoms with Crippen molar-refractivity contribution in [2.45, 2.75) is 24.1 Å². The van der Waals surface area contributed by atoms with Crippen molar-refractivity contribution in [1.29, 1.82) is 0 Å². The summed E-state index contributed by atoms with van der Waals surface area (Å²) in [6.07, 6.45) is 1.85. The molecule has 0 saturated heterocycles. The van der Waals surface area contributed by atoms with E-state index < -0.39 is 25.9 Å². The van der Waals surface area contributed by atoms with Gasteiger partial charge in [-0.1, -0.05) is 0 Å². The Hall–Kier alpha value is -1.16. The molecule has 2 rings (SSSR count). The quantitative estimate of drug-likeness (QED) is 0.770. The molecule has 1 nitrogen and oxygen atoms in total. The Morgan fingerprint density at radius 3 is 2.44 bits per heavy atom. The van der Waals surface area contributed by atoms with Crippen LogP contribution in [0.25, 0.3) is 11.3 Å². The van der Waals surface area contributed by atoms with E-state index in [4.69, 9.17) is 4.11 Å². The number of benzene rings is 1. The molecule has 0 saturated carbocycles. The second kappa shape index (κ2) is 4.84. The number of halogens is 1. The second-order valence-electron chi connectivity index (χ2n) is 5.38. The Balaban J connectivity index is 2.37. The molecule has 1 heterocycles. The van der Waals surface area contributed by atoms with E-state index in [0.717, 1.165) is 0 Å². The predicted molar refractivity (Wildman–Crippen MR) is 77.3 cm³/mol. The van der Waals surface area contributed by atoms with Gasteiger partial charge in [0.2, 0.25) is 0 Å². The molecule has 0 spiro atoms. The van der Waals surface area contributed by atoms with Crippen LogP contribution in [0.2, 0.25) is 17.3 Å². The molecule has 0 aliphatic heterocycles. The SMILES string of the molecule is [2H]C([2H])([2H])c1ccc(-c2cc[c]([Ge]([CH3])([CH3])[CH3])cn2)cc1F.